The van der Waals surface area contributed by atoms with Crippen molar-refractivity contribution in [2.24, 2.45) is 0 Å². The fourth-order valence-corrected chi connectivity index (χ4v) is 2.10. The second-order valence-corrected chi connectivity index (χ2v) is 4.34. The highest BCUT2D eigenvalue weighted by molar-refractivity contribution is 6.31. The van der Waals surface area contributed by atoms with Crippen molar-refractivity contribution in [1.82, 2.24) is 4.57 Å². The smallest absolute Gasteiger partial charge is 0.323 e. The maximum atomic E-state index is 10.8. The van der Waals surface area contributed by atoms with E-state index < -0.39 is 11.9 Å². The molecular formula is C12H10ClNO4. The van der Waals surface area contributed by atoms with Gasteiger partial charge >= 0.3 is 11.9 Å². The van der Waals surface area contributed by atoms with E-state index in [1.807, 2.05) is 0 Å². The van der Waals surface area contributed by atoms with Crippen molar-refractivity contribution in [2.45, 2.75) is 13.0 Å². The van der Waals surface area contributed by atoms with E-state index in [9.17, 15) is 9.59 Å². The summed E-state index contributed by atoms with van der Waals surface area (Å²) in [5.41, 5.74) is 1.22. The lowest BCUT2D eigenvalue weighted by atomic mass is 10.1. The van der Waals surface area contributed by atoms with Gasteiger partial charge in [-0.1, -0.05) is 11.6 Å². The Balaban J connectivity index is 2.59. The quantitative estimate of drug-likeness (QED) is 0.888. The Morgan fingerprint density at radius 1 is 1.22 bits per heavy atom. The molecule has 0 atom stereocenters. The number of halogens is 1. The lowest BCUT2D eigenvalue weighted by molar-refractivity contribution is -0.138. The topological polar surface area (TPSA) is 79.5 Å². The molecule has 1 aromatic carbocycles. The second kappa shape index (κ2) is 4.70. The Morgan fingerprint density at radius 3 is 2.56 bits per heavy atom. The number of nitrogens with zero attached hydrogens (tertiary/aromatic N) is 1. The predicted octanol–water partition coefficient (Wildman–Crippen LogP) is 2.01. The first kappa shape index (κ1) is 12.4. The Hall–Kier alpha value is -2.01. The Kier molecular flexibility index (Phi) is 3.25. The predicted molar refractivity (Wildman–Crippen MR) is 65.9 cm³/mol. The highest BCUT2D eigenvalue weighted by Crippen LogP contribution is 2.25. The number of fused-ring (bicyclic) bond motifs is 1. The molecule has 0 unspecified atom stereocenters. The molecule has 2 aromatic rings. The number of carboxylic acid groups (broad SMARTS) is 2. The van der Waals surface area contributed by atoms with Gasteiger partial charge in [-0.05, 0) is 23.8 Å². The molecule has 0 amide bonds. The van der Waals surface area contributed by atoms with Gasteiger partial charge in [0.05, 0.1) is 6.42 Å². The molecule has 0 fully saturated rings. The van der Waals surface area contributed by atoms with Gasteiger partial charge < -0.3 is 14.8 Å². The first-order valence-electron chi connectivity index (χ1n) is 5.18. The zero-order valence-electron chi connectivity index (χ0n) is 9.26. The Labute approximate surface area is 107 Å². The minimum atomic E-state index is -0.983. The van der Waals surface area contributed by atoms with Gasteiger partial charge in [0, 0.05) is 22.1 Å². The van der Waals surface area contributed by atoms with Crippen LogP contribution in [0.1, 0.15) is 5.56 Å². The molecule has 18 heavy (non-hydrogen) atoms. The van der Waals surface area contributed by atoms with Crippen LogP contribution >= 0.6 is 11.6 Å². The molecule has 0 saturated heterocycles. The Bertz CT molecular complexity index is 632. The van der Waals surface area contributed by atoms with Crippen LogP contribution in [0.15, 0.2) is 24.4 Å². The molecule has 0 aliphatic heterocycles. The molecule has 2 N–H and O–H groups in total. The van der Waals surface area contributed by atoms with Crippen molar-refractivity contribution in [3.8, 4) is 0 Å². The number of hydrogen-bond donors (Lipinski definition) is 2. The zero-order chi connectivity index (χ0) is 13.3. The molecule has 0 aliphatic rings. The minimum absolute atomic E-state index is 0.163. The summed E-state index contributed by atoms with van der Waals surface area (Å²) in [6.07, 6.45) is 1.38. The zero-order valence-corrected chi connectivity index (χ0v) is 10.0. The monoisotopic (exact) mass is 267 g/mol. The summed E-state index contributed by atoms with van der Waals surface area (Å²) in [6, 6.07) is 4.98. The van der Waals surface area contributed by atoms with Crippen molar-refractivity contribution in [3.05, 3.63) is 35.0 Å². The summed E-state index contributed by atoms with van der Waals surface area (Å²) in [6.45, 7) is -0.211. The second-order valence-electron chi connectivity index (χ2n) is 3.91. The molecule has 1 heterocycles. The third-order valence-corrected chi connectivity index (χ3v) is 2.81. The van der Waals surface area contributed by atoms with E-state index >= 15 is 0 Å². The number of benzene rings is 1. The van der Waals surface area contributed by atoms with E-state index in [4.69, 9.17) is 21.8 Å². The molecule has 94 valence electrons. The summed E-state index contributed by atoms with van der Waals surface area (Å²) >= 11 is 5.87. The van der Waals surface area contributed by atoms with E-state index in [0.717, 1.165) is 0 Å². The molecule has 0 bridgehead atoms. The van der Waals surface area contributed by atoms with Crippen LogP contribution in [-0.4, -0.2) is 26.7 Å². The lowest BCUT2D eigenvalue weighted by Crippen LogP contribution is -2.07. The Morgan fingerprint density at radius 2 is 1.94 bits per heavy atom. The van der Waals surface area contributed by atoms with Crippen LogP contribution in [0.25, 0.3) is 10.9 Å². The third-order valence-electron chi connectivity index (χ3n) is 2.57. The van der Waals surface area contributed by atoms with E-state index in [1.165, 1.54) is 4.57 Å². The number of rotatable bonds is 4. The van der Waals surface area contributed by atoms with Gasteiger partial charge in [0.1, 0.15) is 6.54 Å². The third kappa shape index (κ3) is 2.46. The van der Waals surface area contributed by atoms with Crippen molar-refractivity contribution in [3.63, 3.8) is 0 Å². The molecule has 6 heteroatoms. The van der Waals surface area contributed by atoms with E-state index in [-0.39, 0.29) is 13.0 Å². The molecule has 0 spiro atoms. The van der Waals surface area contributed by atoms with E-state index in [1.54, 1.807) is 24.4 Å². The lowest BCUT2D eigenvalue weighted by Gasteiger charge is -2.00. The molecule has 0 saturated carbocycles. The summed E-state index contributed by atoms with van der Waals surface area (Å²) in [7, 11) is 0. The number of aliphatic carboxylic acids is 2. The minimum Gasteiger partial charge on any atom is -0.481 e. The van der Waals surface area contributed by atoms with Crippen LogP contribution in [-0.2, 0) is 22.6 Å². The first-order chi connectivity index (χ1) is 8.47. The van der Waals surface area contributed by atoms with Crippen molar-refractivity contribution >= 4 is 34.4 Å². The standard InChI is InChI=1S/C12H10ClNO4/c13-8-1-2-10-9(4-8)7(3-11(15)16)5-14(10)6-12(17)18/h1-2,4-5H,3,6H2,(H,15,16)(H,17,18). The molecule has 0 aliphatic carbocycles. The van der Waals surface area contributed by atoms with Gasteiger partial charge in [0.2, 0.25) is 0 Å². The highest BCUT2D eigenvalue weighted by atomic mass is 35.5. The van der Waals surface area contributed by atoms with E-state index in [0.29, 0.717) is 21.5 Å². The van der Waals surface area contributed by atoms with Gasteiger partial charge in [-0.3, -0.25) is 9.59 Å². The SMILES string of the molecule is O=C(O)Cc1cn(CC(=O)O)c2ccc(Cl)cc12. The fourth-order valence-electron chi connectivity index (χ4n) is 1.92. The summed E-state index contributed by atoms with van der Waals surface area (Å²) in [5, 5.41) is 18.8. The normalized spacial score (nSPS) is 10.7. The van der Waals surface area contributed by atoms with Gasteiger partial charge in [0.25, 0.3) is 0 Å². The van der Waals surface area contributed by atoms with E-state index in [2.05, 4.69) is 0 Å². The fraction of sp³-hybridized carbons (Fsp3) is 0.167. The number of carboxylic acids is 2. The molecule has 2 rings (SSSR count). The maximum Gasteiger partial charge on any atom is 0.323 e. The van der Waals surface area contributed by atoms with Crippen LogP contribution in [0.3, 0.4) is 0 Å². The van der Waals surface area contributed by atoms with Gasteiger partial charge in [0.15, 0.2) is 0 Å². The van der Waals surface area contributed by atoms with Crippen LogP contribution < -0.4 is 0 Å². The van der Waals surface area contributed by atoms with Gasteiger partial charge in [-0.15, -0.1) is 0 Å². The van der Waals surface area contributed by atoms with Gasteiger partial charge in [-0.2, -0.15) is 0 Å². The van der Waals surface area contributed by atoms with Crippen LogP contribution in [0, 0.1) is 0 Å². The summed E-state index contributed by atoms with van der Waals surface area (Å²) in [5.74, 6) is -1.95. The summed E-state index contributed by atoms with van der Waals surface area (Å²) < 4.78 is 1.51. The molecular weight excluding hydrogens is 258 g/mol. The van der Waals surface area contributed by atoms with Crippen molar-refractivity contribution < 1.29 is 19.8 Å². The number of hydrogen-bond acceptors (Lipinski definition) is 2. The van der Waals surface area contributed by atoms with Crippen LogP contribution in [0.2, 0.25) is 5.02 Å². The largest absolute Gasteiger partial charge is 0.481 e. The average molecular weight is 268 g/mol. The van der Waals surface area contributed by atoms with Crippen molar-refractivity contribution in [2.75, 3.05) is 0 Å². The maximum absolute atomic E-state index is 10.8. The summed E-state index contributed by atoms with van der Waals surface area (Å²) in [4.78, 5) is 21.5. The number of aromatic nitrogens is 1. The van der Waals surface area contributed by atoms with Crippen LogP contribution in [0.4, 0.5) is 0 Å². The molecule has 1 aromatic heterocycles. The number of carbonyl (C=O) groups is 2. The first-order valence-corrected chi connectivity index (χ1v) is 5.56. The average Bonchev–Trinajstić information content (AvgIpc) is 2.54. The van der Waals surface area contributed by atoms with Crippen molar-refractivity contribution in [1.29, 1.82) is 0 Å². The van der Waals surface area contributed by atoms with Gasteiger partial charge in [-0.25, -0.2) is 0 Å². The molecule has 5 nitrogen and oxygen atoms in total. The van der Waals surface area contributed by atoms with Crippen LogP contribution in [0.5, 0.6) is 0 Å². The molecule has 0 radical (unpaired) electrons. The highest BCUT2D eigenvalue weighted by Gasteiger charge is 2.13.